The van der Waals surface area contributed by atoms with Gasteiger partial charge in [0.15, 0.2) is 0 Å². The zero-order chi connectivity index (χ0) is 14.2. The number of rotatable bonds is 0. The molecule has 5 heteroatoms. The van der Waals surface area contributed by atoms with Gasteiger partial charge in [-0.05, 0) is 50.5 Å². The molecule has 0 atom stereocenters. The molecule has 0 radical (unpaired) electrons. The Morgan fingerprint density at radius 3 is 2.74 bits per heavy atom. The van der Waals surface area contributed by atoms with Crippen molar-refractivity contribution in [2.75, 3.05) is 6.54 Å². The lowest BCUT2D eigenvalue weighted by Gasteiger charge is -2.31. The monoisotopic (exact) mass is 345 g/mol. The number of carbonyl (C=O) groups excluding carboxylic acids is 1. The number of halogens is 2. The summed E-state index contributed by atoms with van der Waals surface area (Å²) in [5.41, 5.74) is 1.74. The van der Waals surface area contributed by atoms with Crippen molar-refractivity contribution in [1.29, 1.82) is 0 Å². The third-order valence-electron chi connectivity index (χ3n) is 2.90. The Hall–Kier alpha value is -0.740. The Morgan fingerprint density at radius 2 is 2.11 bits per heavy atom. The molecule has 0 saturated heterocycles. The van der Waals surface area contributed by atoms with Gasteiger partial charge in [0.05, 0.1) is 0 Å². The number of fused-ring (bicyclic) bond motifs is 1. The van der Waals surface area contributed by atoms with Gasteiger partial charge in [-0.3, -0.25) is 0 Å². The number of amides is 1. The Labute approximate surface area is 127 Å². The minimum atomic E-state index is -0.466. The van der Waals surface area contributed by atoms with Crippen LogP contribution in [-0.2, 0) is 17.7 Å². The third kappa shape index (κ3) is 3.63. The lowest BCUT2D eigenvalue weighted by molar-refractivity contribution is 0.0224. The highest BCUT2D eigenvalue weighted by molar-refractivity contribution is 9.10. The van der Waals surface area contributed by atoms with E-state index in [0.717, 1.165) is 27.0 Å². The van der Waals surface area contributed by atoms with Crippen LogP contribution in [0.4, 0.5) is 4.79 Å². The highest BCUT2D eigenvalue weighted by atomic mass is 79.9. The highest BCUT2D eigenvalue weighted by Crippen LogP contribution is 2.30. The van der Waals surface area contributed by atoms with Gasteiger partial charge >= 0.3 is 6.09 Å². The molecular formula is C14H17BrClNO2. The lowest BCUT2D eigenvalue weighted by Crippen LogP contribution is -2.40. The van der Waals surface area contributed by atoms with Crippen LogP contribution in [0.3, 0.4) is 0 Å². The number of nitrogens with zero attached hydrogens (tertiary/aromatic N) is 1. The molecule has 0 unspecified atom stereocenters. The van der Waals surface area contributed by atoms with Gasteiger partial charge in [-0.2, -0.15) is 0 Å². The molecule has 1 aliphatic rings. The normalized spacial score (nSPS) is 15.1. The van der Waals surface area contributed by atoms with Crippen molar-refractivity contribution in [3.05, 3.63) is 32.8 Å². The van der Waals surface area contributed by atoms with E-state index in [1.807, 2.05) is 32.9 Å². The van der Waals surface area contributed by atoms with Crippen molar-refractivity contribution in [3.8, 4) is 0 Å². The summed E-state index contributed by atoms with van der Waals surface area (Å²) in [5, 5.41) is 0.758. The van der Waals surface area contributed by atoms with E-state index in [2.05, 4.69) is 15.9 Å². The first kappa shape index (κ1) is 14.7. The molecule has 0 fully saturated rings. The van der Waals surface area contributed by atoms with E-state index in [-0.39, 0.29) is 6.09 Å². The zero-order valence-electron chi connectivity index (χ0n) is 11.3. The summed E-state index contributed by atoms with van der Waals surface area (Å²) in [5.74, 6) is 0. The molecule has 1 aromatic carbocycles. The summed E-state index contributed by atoms with van der Waals surface area (Å²) in [6, 6.07) is 3.90. The first-order valence-corrected chi connectivity index (χ1v) is 7.38. The van der Waals surface area contributed by atoms with Gasteiger partial charge in [-0.15, -0.1) is 0 Å². The molecule has 2 rings (SSSR count). The van der Waals surface area contributed by atoms with E-state index >= 15 is 0 Å². The molecule has 0 spiro atoms. The Balaban J connectivity index is 2.16. The zero-order valence-corrected chi connectivity index (χ0v) is 13.6. The number of carbonyl (C=O) groups is 1. The molecule has 0 bridgehead atoms. The SMILES string of the molecule is CC(C)(C)OC(=O)N1CCc2c(Cl)cc(Br)cc2C1. The van der Waals surface area contributed by atoms with E-state index in [9.17, 15) is 4.79 Å². The van der Waals surface area contributed by atoms with Crippen molar-refractivity contribution < 1.29 is 9.53 Å². The number of hydrogen-bond donors (Lipinski definition) is 0. The van der Waals surface area contributed by atoms with Crippen molar-refractivity contribution in [1.82, 2.24) is 4.90 Å². The smallest absolute Gasteiger partial charge is 0.410 e. The molecule has 1 aromatic rings. The second-order valence-corrected chi connectivity index (χ2v) is 7.00. The van der Waals surface area contributed by atoms with E-state index in [1.54, 1.807) is 4.90 Å². The molecule has 0 aromatic heterocycles. The average molecular weight is 347 g/mol. The molecule has 0 N–H and O–H groups in total. The number of benzene rings is 1. The van der Waals surface area contributed by atoms with Gasteiger partial charge in [-0.1, -0.05) is 27.5 Å². The van der Waals surface area contributed by atoms with Crippen molar-refractivity contribution in [3.63, 3.8) is 0 Å². The second kappa shape index (κ2) is 5.33. The van der Waals surface area contributed by atoms with Gasteiger partial charge in [0.25, 0.3) is 0 Å². The van der Waals surface area contributed by atoms with Crippen LogP contribution in [0.5, 0.6) is 0 Å². The lowest BCUT2D eigenvalue weighted by atomic mass is 10.00. The fourth-order valence-corrected chi connectivity index (χ4v) is 3.06. The minimum absolute atomic E-state index is 0.269. The van der Waals surface area contributed by atoms with Gasteiger partial charge in [-0.25, -0.2) is 4.79 Å². The van der Waals surface area contributed by atoms with Crippen LogP contribution < -0.4 is 0 Å². The Bertz CT molecular complexity index is 511. The van der Waals surface area contributed by atoms with Gasteiger partial charge in [0.1, 0.15) is 5.60 Å². The molecule has 1 amide bonds. The summed E-state index contributed by atoms with van der Waals surface area (Å²) < 4.78 is 6.33. The van der Waals surface area contributed by atoms with Crippen LogP contribution in [0.25, 0.3) is 0 Å². The fourth-order valence-electron chi connectivity index (χ4n) is 2.09. The third-order valence-corrected chi connectivity index (χ3v) is 3.69. The predicted octanol–water partition coefficient (Wildman–Crippen LogP) is 4.40. The maximum absolute atomic E-state index is 12.1. The predicted molar refractivity (Wildman–Crippen MR) is 79.5 cm³/mol. The average Bonchev–Trinajstić information content (AvgIpc) is 2.25. The second-order valence-electron chi connectivity index (χ2n) is 5.68. The highest BCUT2D eigenvalue weighted by Gasteiger charge is 2.26. The van der Waals surface area contributed by atoms with Crippen LogP contribution in [-0.4, -0.2) is 23.1 Å². The molecule has 104 valence electrons. The van der Waals surface area contributed by atoms with Crippen LogP contribution in [0.2, 0.25) is 5.02 Å². The Morgan fingerprint density at radius 1 is 1.42 bits per heavy atom. The van der Waals surface area contributed by atoms with Crippen LogP contribution in [0.1, 0.15) is 31.9 Å². The van der Waals surface area contributed by atoms with Gasteiger partial charge in [0.2, 0.25) is 0 Å². The van der Waals surface area contributed by atoms with Crippen LogP contribution in [0.15, 0.2) is 16.6 Å². The standard InChI is InChI=1S/C14H17BrClNO2/c1-14(2,3)19-13(18)17-5-4-11-9(8-17)6-10(15)7-12(11)16/h6-7H,4-5,8H2,1-3H3. The maximum Gasteiger partial charge on any atom is 0.410 e. The Kier molecular flexibility index (Phi) is 4.11. The van der Waals surface area contributed by atoms with Gasteiger partial charge in [0, 0.05) is 22.6 Å². The summed E-state index contributed by atoms with van der Waals surface area (Å²) >= 11 is 9.64. The first-order chi connectivity index (χ1) is 8.76. The molecule has 3 nitrogen and oxygen atoms in total. The molecule has 0 saturated carbocycles. The number of hydrogen-bond acceptors (Lipinski definition) is 2. The molecular weight excluding hydrogens is 330 g/mol. The van der Waals surface area contributed by atoms with E-state index in [1.165, 1.54) is 0 Å². The number of ether oxygens (including phenoxy) is 1. The van der Waals surface area contributed by atoms with E-state index in [4.69, 9.17) is 16.3 Å². The quantitative estimate of drug-likeness (QED) is 0.697. The molecule has 1 heterocycles. The minimum Gasteiger partial charge on any atom is -0.444 e. The van der Waals surface area contributed by atoms with Crippen molar-refractivity contribution >= 4 is 33.6 Å². The first-order valence-electron chi connectivity index (χ1n) is 6.21. The maximum atomic E-state index is 12.1. The molecule has 0 aliphatic carbocycles. The summed E-state index contributed by atoms with van der Waals surface area (Å²) in [7, 11) is 0. The molecule has 1 aliphatic heterocycles. The summed E-state index contributed by atoms with van der Waals surface area (Å²) in [6.45, 7) is 6.80. The van der Waals surface area contributed by atoms with Crippen LogP contribution >= 0.6 is 27.5 Å². The van der Waals surface area contributed by atoms with Crippen molar-refractivity contribution in [2.24, 2.45) is 0 Å². The summed E-state index contributed by atoms with van der Waals surface area (Å²) in [4.78, 5) is 13.8. The van der Waals surface area contributed by atoms with E-state index < -0.39 is 5.60 Å². The largest absolute Gasteiger partial charge is 0.444 e. The fraction of sp³-hybridized carbons (Fsp3) is 0.500. The topological polar surface area (TPSA) is 29.5 Å². The van der Waals surface area contributed by atoms with E-state index in [0.29, 0.717) is 13.1 Å². The van der Waals surface area contributed by atoms with Gasteiger partial charge < -0.3 is 9.64 Å². The van der Waals surface area contributed by atoms with Crippen molar-refractivity contribution in [2.45, 2.75) is 39.3 Å². The molecule has 19 heavy (non-hydrogen) atoms. The van der Waals surface area contributed by atoms with Crippen LogP contribution in [0, 0.1) is 0 Å². The summed E-state index contributed by atoms with van der Waals surface area (Å²) in [6.07, 6.45) is 0.495.